The number of carbonyl (C=O) groups is 1. The first-order valence-corrected chi connectivity index (χ1v) is 7.42. The van der Waals surface area contributed by atoms with E-state index < -0.39 is 0 Å². The summed E-state index contributed by atoms with van der Waals surface area (Å²) in [6.07, 6.45) is 6.53. The average molecular weight is 298 g/mol. The predicted octanol–water partition coefficient (Wildman–Crippen LogP) is 1.54. The van der Waals surface area contributed by atoms with E-state index in [0.717, 1.165) is 24.8 Å². The summed E-state index contributed by atoms with van der Waals surface area (Å²) in [6, 6.07) is 6.78. The van der Waals surface area contributed by atoms with Crippen molar-refractivity contribution in [2.45, 2.75) is 25.3 Å². The number of nitrogens with zero attached hydrogens (tertiary/aromatic N) is 4. The number of hydrogen-bond donors (Lipinski definition) is 0. The van der Waals surface area contributed by atoms with Crippen LogP contribution in [0, 0.1) is 0 Å². The summed E-state index contributed by atoms with van der Waals surface area (Å²) < 4.78 is 1.19. The number of hydrogen-bond acceptors (Lipinski definition) is 4. The molecule has 6 heteroatoms. The number of carbonyl (C=O) groups excluding carboxylic acids is 1. The monoisotopic (exact) mass is 298 g/mol. The first-order valence-electron chi connectivity index (χ1n) is 7.42. The normalized spacial score (nSPS) is 18.2. The quantitative estimate of drug-likeness (QED) is 0.843. The van der Waals surface area contributed by atoms with E-state index in [-0.39, 0.29) is 17.5 Å². The third-order valence-corrected chi connectivity index (χ3v) is 4.01. The first-order chi connectivity index (χ1) is 10.7. The Morgan fingerprint density at radius 1 is 1.27 bits per heavy atom. The Balaban J connectivity index is 1.91. The van der Waals surface area contributed by atoms with E-state index in [1.807, 2.05) is 23.2 Å². The molecule has 1 amide bonds. The van der Waals surface area contributed by atoms with Gasteiger partial charge in [-0.15, -0.1) is 0 Å². The van der Waals surface area contributed by atoms with Crippen molar-refractivity contribution < 1.29 is 4.79 Å². The van der Waals surface area contributed by atoms with E-state index in [2.05, 4.69) is 10.1 Å². The summed E-state index contributed by atoms with van der Waals surface area (Å²) in [7, 11) is 1.55. The van der Waals surface area contributed by atoms with Crippen molar-refractivity contribution >= 4 is 5.91 Å². The van der Waals surface area contributed by atoms with Crippen LogP contribution in [0.3, 0.4) is 0 Å². The SMILES string of the molecule is Cn1nc(C(=O)N2CCCCC2c2cccnc2)ccc1=O. The number of piperidine rings is 1. The Kier molecular flexibility index (Phi) is 4.00. The second-order valence-electron chi connectivity index (χ2n) is 5.48. The van der Waals surface area contributed by atoms with Gasteiger partial charge in [-0.1, -0.05) is 6.07 Å². The fourth-order valence-electron chi connectivity index (χ4n) is 2.86. The summed E-state index contributed by atoms with van der Waals surface area (Å²) in [5.74, 6) is -0.135. The molecule has 22 heavy (non-hydrogen) atoms. The molecular weight excluding hydrogens is 280 g/mol. The molecule has 1 aliphatic rings. The minimum absolute atomic E-state index is 0.0222. The summed E-state index contributed by atoms with van der Waals surface area (Å²) in [5, 5.41) is 4.07. The maximum absolute atomic E-state index is 12.8. The van der Waals surface area contributed by atoms with Gasteiger partial charge < -0.3 is 4.90 Å². The Bertz CT molecular complexity index is 726. The van der Waals surface area contributed by atoms with Crippen molar-refractivity contribution in [3.05, 3.63) is 58.3 Å². The third-order valence-electron chi connectivity index (χ3n) is 4.01. The molecule has 3 rings (SSSR count). The minimum Gasteiger partial charge on any atom is -0.330 e. The molecule has 6 nitrogen and oxygen atoms in total. The second-order valence-corrected chi connectivity index (χ2v) is 5.48. The fourth-order valence-corrected chi connectivity index (χ4v) is 2.86. The van der Waals surface area contributed by atoms with Gasteiger partial charge in [-0.3, -0.25) is 14.6 Å². The van der Waals surface area contributed by atoms with Gasteiger partial charge in [-0.05, 0) is 37.0 Å². The van der Waals surface area contributed by atoms with Gasteiger partial charge in [0.25, 0.3) is 11.5 Å². The van der Waals surface area contributed by atoms with Gasteiger partial charge in [-0.25, -0.2) is 4.68 Å². The van der Waals surface area contributed by atoms with Crippen LogP contribution < -0.4 is 5.56 Å². The van der Waals surface area contributed by atoms with Crippen LogP contribution in [0.1, 0.15) is 41.4 Å². The molecule has 3 heterocycles. The summed E-state index contributed by atoms with van der Waals surface area (Å²) in [5.41, 5.74) is 1.12. The molecule has 2 aromatic rings. The zero-order chi connectivity index (χ0) is 15.5. The van der Waals surface area contributed by atoms with Crippen molar-refractivity contribution in [1.82, 2.24) is 19.7 Å². The predicted molar refractivity (Wildman–Crippen MR) is 81.3 cm³/mol. The molecule has 1 atom stereocenters. The Labute approximate surface area is 128 Å². The number of aromatic nitrogens is 3. The van der Waals surface area contributed by atoms with Gasteiger partial charge in [0.05, 0.1) is 6.04 Å². The highest BCUT2D eigenvalue weighted by Crippen LogP contribution is 2.31. The van der Waals surface area contributed by atoms with Crippen molar-refractivity contribution in [1.29, 1.82) is 0 Å². The van der Waals surface area contributed by atoms with Crippen LogP contribution in [0.15, 0.2) is 41.5 Å². The molecule has 2 aromatic heterocycles. The lowest BCUT2D eigenvalue weighted by Gasteiger charge is -2.35. The van der Waals surface area contributed by atoms with Crippen LogP contribution in [0.2, 0.25) is 0 Å². The van der Waals surface area contributed by atoms with Gasteiger partial charge in [-0.2, -0.15) is 5.10 Å². The van der Waals surface area contributed by atoms with E-state index in [1.54, 1.807) is 13.2 Å². The first kappa shape index (κ1) is 14.4. The van der Waals surface area contributed by atoms with Gasteiger partial charge in [0.15, 0.2) is 0 Å². The van der Waals surface area contributed by atoms with Gasteiger partial charge in [0, 0.05) is 32.1 Å². The highest BCUT2D eigenvalue weighted by Gasteiger charge is 2.29. The van der Waals surface area contributed by atoms with Crippen LogP contribution >= 0.6 is 0 Å². The largest absolute Gasteiger partial charge is 0.330 e. The van der Waals surface area contributed by atoms with Crippen molar-refractivity contribution in [3.63, 3.8) is 0 Å². The molecular formula is C16H18N4O2. The van der Waals surface area contributed by atoms with E-state index in [0.29, 0.717) is 12.2 Å². The molecule has 1 unspecified atom stereocenters. The Morgan fingerprint density at radius 2 is 2.14 bits per heavy atom. The molecule has 1 aliphatic heterocycles. The Hall–Kier alpha value is -2.50. The minimum atomic E-state index is -0.223. The molecule has 0 aliphatic carbocycles. The van der Waals surface area contributed by atoms with Gasteiger partial charge >= 0.3 is 0 Å². The van der Waals surface area contributed by atoms with E-state index >= 15 is 0 Å². The van der Waals surface area contributed by atoms with Crippen molar-refractivity contribution in [2.24, 2.45) is 7.05 Å². The highest BCUT2D eigenvalue weighted by molar-refractivity contribution is 5.92. The summed E-state index contributed by atoms with van der Waals surface area (Å²) in [6.45, 7) is 0.697. The molecule has 0 spiro atoms. The van der Waals surface area contributed by atoms with Crippen LogP contribution in [-0.4, -0.2) is 32.1 Å². The topological polar surface area (TPSA) is 68.1 Å². The van der Waals surface area contributed by atoms with Crippen molar-refractivity contribution in [2.75, 3.05) is 6.54 Å². The zero-order valence-corrected chi connectivity index (χ0v) is 12.5. The molecule has 0 radical (unpaired) electrons. The number of likely N-dealkylation sites (tertiary alicyclic amines) is 1. The molecule has 0 N–H and O–H groups in total. The lowest BCUT2D eigenvalue weighted by atomic mass is 9.96. The van der Waals surface area contributed by atoms with Crippen LogP contribution in [0.25, 0.3) is 0 Å². The third kappa shape index (κ3) is 2.77. The average Bonchev–Trinajstić information content (AvgIpc) is 2.57. The summed E-state index contributed by atoms with van der Waals surface area (Å²) >= 11 is 0. The standard InChI is InChI=1S/C16H18N4O2/c1-19-15(21)8-7-13(18-19)16(22)20-10-3-2-6-14(20)12-5-4-9-17-11-12/h4-5,7-9,11,14H,2-3,6,10H2,1H3. The molecule has 0 aromatic carbocycles. The molecule has 1 fully saturated rings. The number of aryl methyl sites for hydroxylation is 1. The molecule has 0 saturated carbocycles. The number of amides is 1. The van der Waals surface area contributed by atoms with Gasteiger partial charge in [0.1, 0.15) is 5.69 Å². The smallest absolute Gasteiger partial charge is 0.274 e. The van der Waals surface area contributed by atoms with Crippen LogP contribution in [0.4, 0.5) is 0 Å². The molecule has 0 bridgehead atoms. The Morgan fingerprint density at radius 3 is 2.86 bits per heavy atom. The fraction of sp³-hybridized carbons (Fsp3) is 0.375. The van der Waals surface area contributed by atoms with Gasteiger partial charge in [0.2, 0.25) is 0 Å². The van der Waals surface area contributed by atoms with Crippen LogP contribution in [-0.2, 0) is 7.05 Å². The highest BCUT2D eigenvalue weighted by atomic mass is 16.2. The maximum atomic E-state index is 12.8. The lowest BCUT2D eigenvalue weighted by molar-refractivity contribution is 0.0602. The summed E-state index contributed by atoms with van der Waals surface area (Å²) in [4.78, 5) is 30.2. The second kappa shape index (κ2) is 6.09. The van der Waals surface area contributed by atoms with E-state index in [9.17, 15) is 9.59 Å². The zero-order valence-electron chi connectivity index (χ0n) is 12.5. The van der Waals surface area contributed by atoms with E-state index in [1.165, 1.54) is 16.8 Å². The number of pyridine rings is 1. The van der Waals surface area contributed by atoms with Crippen LogP contribution in [0.5, 0.6) is 0 Å². The number of rotatable bonds is 2. The van der Waals surface area contributed by atoms with E-state index in [4.69, 9.17) is 0 Å². The van der Waals surface area contributed by atoms with Crippen molar-refractivity contribution in [3.8, 4) is 0 Å². The lowest BCUT2D eigenvalue weighted by Crippen LogP contribution is -2.39. The molecule has 114 valence electrons. The molecule has 1 saturated heterocycles. The maximum Gasteiger partial charge on any atom is 0.274 e.